The average molecular weight is 915 g/mol. The van der Waals surface area contributed by atoms with E-state index in [0.717, 1.165) is 64.2 Å². The lowest BCUT2D eigenvalue weighted by molar-refractivity contribution is 0.0587. The summed E-state index contributed by atoms with van der Waals surface area (Å²) in [5.41, 5.74) is 5.66. The number of unbranched alkanes of at least 4 members (excludes halogenated alkanes) is 10. The van der Waals surface area contributed by atoms with Crippen LogP contribution in [0.15, 0.2) is 97.1 Å². The fourth-order valence-corrected chi connectivity index (χ4v) is 10.0. The van der Waals surface area contributed by atoms with Crippen molar-refractivity contribution in [2.45, 2.75) is 90.9 Å². The van der Waals surface area contributed by atoms with Gasteiger partial charge in [-0.3, -0.25) is 29.0 Å². The minimum absolute atomic E-state index is 0.192. The molecule has 10 nitrogen and oxygen atoms in total. The van der Waals surface area contributed by atoms with E-state index in [0.29, 0.717) is 91.1 Å². The Kier molecular flexibility index (Phi) is 14.9. The Balaban J connectivity index is 1.55. The van der Waals surface area contributed by atoms with E-state index in [4.69, 9.17) is 18.9 Å². The highest BCUT2D eigenvalue weighted by molar-refractivity contribution is 6.40. The van der Waals surface area contributed by atoms with Crippen LogP contribution in [0.2, 0.25) is 0 Å². The van der Waals surface area contributed by atoms with Crippen LogP contribution in [0, 0.1) is 0 Å². The quantitative estimate of drug-likeness (QED) is 0.0489. The Bertz CT molecular complexity index is 2450. The molecule has 0 saturated carbocycles. The van der Waals surface area contributed by atoms with Gasteiger partial charge in [0, 0.05) is 46.1 Å². The molecule has 10 heteroatoms. The van der Waals surface area contributed by atoms with Crippen LogP contribution in [-0.4, -0.2) is 75.0 Å². The maximum Gasteiger partial charge on any atom is 0.262 e. The molecule has 8 rings (SSSR count). The normalized spacial score (nSPS) is 13.1. The minimum Gasteiger partial charge on any atom is -0.497 e. The molecule has 6 aromatic rings. The predicted octanol–water partition coefficient (Wildman–Crippen LogP) is 13.5. The van der Waals surface area contributed by atoms with E-state index in [9.17, 15) is 0 Å². The molecule has 0 aromatic heterocycles. The summed E-state index contributed by atoms with van der Waals surface area (Å²) in [6.45, 7) is 4.73. The molecule has 0 fully saturated rings. The van der Waals surface area contributed by atoms with Crippen molar-refractivity contribution in [1.29, 1.82) is 0 Å². The van der Waals surface area contributed by atoms with Crippen molar-refractivity contribution in [1.82, 2.24) is 9.80 Å². The number of rotatable bonds is 22. The second kappa shape index (κ2) is 21.3. The van der Waals surface area contributed by atoms with Crippen LogP contribution in [0.4, 0.5) is 0 Å². The van der Waals surface area contributed by atoms with Crippen LogP contribution in [-0.2, 0) is 0 Å². The van der Waals surface area contributed by atoms with E-state index in [1.165, 1.54) is 9.80 Å². The van der Waals surface area contributed by atoms with E-state index in [1.807, 2.05) is 97.1 Å². The molecule has 2 aliphatic rings. The predicted molar refractivity (Wildman–Crippen MR) is 269 cm³/mol. The molecule has 0 radical (unpaired) electrons. The molecule has 0 N–H and O–H groups in total. The largest absolute Gasteiger partial charge is 0.497 e. The van der Waals surface area contributed by atoms with Crippen LogP contribution in [0.1, 0.15) is 132 Å². The molecular formula is C58H62N2O8. The number of hydrogen-bond donors (Lipinski definition) is 0. The molecule has 2 aliphatic heterocycles. The highest BCUT2D eigenvalue weighted by Crippen LogP contribution is 2.55. The Morgan fingerprint density at radius 2 is 0.529 bits per heavy atom. The van der Waals surface area contributed by atoms with Crippen LogP contribution >= 0.6 is 0 Å². The third-order valence-corrected chi connectivity index (χ3v) is 13.6. The van der Waals surface area contributed by atoms with Crippen molar-refractivity contribution in [2.24, 2.45) is 0 Å². The first kappa shape index (κ1) is 47.5. The summed E-state index contributed by atoms with van der Waals surface area (Å²) in [5.74, 6) is 0.570. The van der Waals surface area contributed by atoms with Crippen molar-refractivity contribution < 1.29 is 38.1 Å². The molecule has 0 unspecified atom stereocenters. The zero-order valence-electron chi connectivity index (χ0n) is 40.3. The van der Waals surface area contributed by atoms with Crippen LogP contribution in [0.5, 0.6) is 23.0 Å². The van der Waals surface area contributed by atoms with Gasteiger partial charge in [0.1, 0.15) is 23.0 Å². The summed E-state index contributed by atoms with van der Waals surface area (Å²) in [4.78, 5) is 66.0. The van der Waals surface area contributed by atoms with Gasteiger partial charge in [0.2, 0.25) is 0 Å². The number of carbonyl (C=O) groups is 4. The Hall–Kier alpha value is -6.94. The monoisotopic (exact) mass is 914 g/mol. The molecular weight excluding hydrogens is 853 g/mol. The van der Waals surface area contributed by atoms with E-state index < -0.39 is 23.6 Å². The van der Waals surface area contributed by atoms with Gasteiger partial charge in [-0.15, -0.1) is 0 Å². The Labute approximate surface area is 400 Å². The van der Waals surface area contributed by atoms with Gasteiger partial charge in [0.25, 0.3) is 23.6 Å². The maximum absolute atomic E-state index is 15.8. The fourth-order valence-electron chi connectivity index (χ4n) is 10.0. The fraction of sp³-hybridized carbons (Fsp3) is 0.345. The number of ether oxygens (including phenoxy) is 4. The highest BCUT2D eigenvalue weighted by Gasteiger charge is 2.47. The van der Waals surface area contributed by atoms with Crippen LogP contribution < -0.4 is 18.9 Å². The van der Waals surface area contributed by atoms with Crippen molar-refractivity contribution >= 4 is 34.4 Å². The molecule has 68 heavy (non-hydrogen) atoms. The summed E-state index contributed by atoms with van der Waals surface area (Å²) in [5, 5.41) is 0.604. The summed E-state index contributed by atoms with van der Waals surface area (Å²) in [6.07, 6.45) is 11.5. The lowest BCUT2D eigenvalue weighted by Crippen LogP contribution is -2.45. The summed E-state index contributed by atoms with van der Waals surface area (Å²) in [7, 11) is 6.39. The standard InChI is InChI=1S/C58H62N2O8/c1-7-9-11-13-15-17-35-59-55(61)51-45(37-19-27-41(65-3)28-20-37)47(39-23-31-43(67-5)32-24-39)53-50-49(51)52(56(59)62)46(38-21-29-42(66-4)30-22-38)48(40-25-33-44(68-6)34-26-40)54(50)58(64)60(57(53)63)36-18-16-14-12-10-8-2/h19-34H,7-18,35-36H2,1-6H3. The van der Waals surface area contributed by atoms with E-state index in [2.05, 4.69) is 13.8 Å². The zero-order valence-corrected chi connectivity index (χ0v) is 40.3. The smallest absolute Gasteiger partial charge is 0.262 e. The maximum atomic E-state index is 15.8. The van der Waals surface area contributed by atoms with Crippen molar-refractivity contribution in [3.63, 3.8) is 0 Å². The van der Waals surface area contributed by atoms with E-state index >= 15 is 19.2 Å². The number of amides is 4. The molecule has 352 valence electrons. The van der Waals surface area contributed by atoms with E-state index in [1.54, 1.807) is 28.4 Å². The molecule has 0 bridgehead atoms. The van der Waals surface area contributed by atoms with Crippen LogP contribution in [0.3, 0.4) is 0 Å². The first-order valence-corrected chi connectivity index (χ1v) is 24.2. The third kappa shape index (κ3) is 8.96. The third-order valence-electron chi connectivity index (χ3n) is 13.6. The Morgan fingerprint density at radius 1 is 0.309 bits per heavy atom. The lowest BCUT2D eigenvalue weighted by atomic mass is 9.72. The van der Waals surface area contributed by atoms with Gasteiger partial charge in [-0.1, -0.05) is 127 Å². The second-order valence-corrected chi connectivity index (χ2v) is 17.7. The van der Waals surface area contributed by atoms with Crippen molar-refractivity contribution in [3.8, 4) is 67.5 Å². The van der Waals surface area contributed by atoms with Gasteiger partial charge < -0.3 is 18.9 Å². The van der Waals surface area contributed by atoms with Crippen LogP contribution in [0.25, 0.3) is 55.3 Å². The Morgan fingerprint density at radius 3 is 0.750 bits per heavy atom. The number of methoxy groups -OCH3 is 4. The summed E-state index contributed by atoms with van der Waals surface area (Å²) in [6, 6.07) is 29.8. The molecule has 4 amide bonds. The zero-order chi connectivity index (χ0) is 47.9. The molecule has 2 heterocycles. The lowest BCUT2D eigenvalue weighted by Gasteiger charge is -2.38. The van der Waals surface area contributed by atoms with Gasteiger partial charge in [-0.05, 0) is 83.6 Å². The summed E-state index contributed by atoms with van der Waals surface area (Å²) >= 11 is 0. The van der Waals surface area contributed by atoms with Crippen molar-refractivity contribution in [3.05, 3.63) is 119 Å². The number of carbonyl (C=O) groups excluding carboxylic acids is 4. The molecule has 0 aliphatic carbocycles. The molecule has 0 spiro atoms. The number of imide groups is 2. The van der Waals surface area contributed by atoms with E-state index in [-0.39, 0.29) is 35.3 Å². The average Bonchev–Trinajstić information content (AvgIpc) is 3.38. The first-order valence-electron chi connectivity index (χ1n) is 24.2. The summed E-state index contributed by atoms with van der Waals surface area (Å²) < 4.78 is 22.5. The SMILES string of the molecule is CCCCCCCCN1C(=O)c2c(-c3ccc(OC)cc3)c(-c3ccc(OC)cc3)c3c4c(c(-c5ccc(OC)cc5)c(-c5ccc(OC)cc5)c(c24)C1=O)C(=O)N(CCCCCCCC)C3=O. The van der Waals surface area contributed by atoms with Gasteiger partial charge >= 0.3 is 0 Å². The van der Waals surface area contributed by atoms with Gasteiger partial charge in [-0.25, -0.2) is 0 Å². The molecule has 0 saturated heterocycles. The van der Waals surface area contributed by atoms with Gasteiger partial charge in [0.05, 0.1) is 50.7 Å². The van der Waals surface area contributed by atoms with Crippen molar-refractivity contribution in [2.75, 3.05) is 41.5 Å². The topological polar surface area (TPSA) is 112 Å². The second-order valence-electron chi connectivity index (χ2n) is 17.7. The highest BCUT2D eigenvalue weighted by atomic mass is 16.5. The minimum atomic E-state index is -0.471. The number of hydrogen-bond acceptors (Lipinski definition) is 8. The first-order chi connectivity index (χ1) is 33.2. The van der Waals surface area contributed by atoms with Gasteiger partial charge in [0.15, 0.2) is 0 Å². The number of nitrogens with zero attached hydrogens (tertiary/aromatic N) is 2. The van der Waals surface area contributed by atoms with Gasteiger partial charge in [-0.2, -0.15) is 0 Å². The molecule has 6 aromatic carbocycles. The molecule has 0 atom stereocenters. The number of benzene rings is 6.